The van der Waals surface area contributed by atoms with Crippen molar-refractivity contribution in [1.29, 1.82) is 0 Å². The first-order chi connectivity index (χ1) is 27.6. The number of amides is 2. The highest BCUT2D eigenvalue weighted by atomic mass is 16.5. The molecule has 8 aromatic rings. The van der Waals surface area contributed by atoms with Crippen molar-refractivity contribution < 1.29 is 14.3 Å². The predicted molar refractivity (Wildman–Crippen MR) is 221 cm³/mol. The van der Waals surface area contributed by atoms with Crippen LogP contribution in [0.3, 0.4) is 0 Å². The topological polar surface area (TPSA) is 112 Å². The SMILES string of the molecule is O=C(N[C@H](CCc1cccc2ccccc12)C(=O)N[C@H](Cc1c[nH]c2ccccc12)c1nc(-c2ccccc2)c[nH]1)OCC1c2ccccc2-c2ccccc21. The lowest BCUT2D eigenvalue weighted by atomic mass is 9.98. The van der Waals surface area contributed by atoms with Crippen LogP contribution in [0.15, 0.2) is 158 Å². The number of carbonyl (C=O) groups is 2. The molecule has 0 radical (unpaired) electrons. The molecule has 56 heavy (non-hydrogen) atoms. The molecule has 2 heterocycles. The second-order valence-electron chi connectivity index (χ2n) is 14.4. The largest absolute Gasteiger partial charge is 0.449 e. The number of rotatable bonds is 12. The average Bonchev–Trinajstić information content (AvgIpc) is 3.98. The van der Waals surface area contributed by atoms with Crippen molar-refractivity contribution in [2.24, 2.45) is 0 Å². The number of aromatic amines is 2. The Hall–Kier alpha value is -6.93. The summed E-state index contributed by atoms with van der Waals surface area (Å²) in [6.45, 7) is 0.148. The number of fused-ring (bicyclic) bond motifs is 5. The van der Waals surface area contributed by atoms with Crippen molar-refractivity contribution in [2.75, 3.05) is 6.61 Å². The van der Waals surface area contributed by atoms with Gasteiger partial charge in [0.05, 0.1) is 11.7 Å². The van der Waals surface area contributed by atoms with Gasteiger partial charge < -0.3 is 25.3 Å². The van der Waals surface area contributed by atoms with Gasteiger partial charge >= 0.3 is 6.09 Å². The fourth-order valence-electron chi connectivity index (χ4n) is 8.14. The standard InChI is InChI=1S/C48H41N5O3/c54-47(52-44(27-34-28-49-42-24-11-10-19-36(34)42)46-50-29-45(51-46)33-14-2-1-3-15-33)43(26-25-32-17-12-16-31-13-4-5-18-35(31)32)53-48(55)56-30-41-39-22-8-6-20-37(39)38-21-7-9-23-40(38)41/h1-24,28-29,41,43-44,49H,25-27,30H2,(H,50,51)(H,52,54)(H,53,55)/t43-,44-/m1/s1. The number of hydrogen-bond acceptors (Lipinski definition) is 4. The number of hydrogen-bond donors (Lipinski definition) is 4. The summed E-state index contributed by atoms with van der Waals surface area (Å²) in [5.41, 5.74) is 9.46. The van der Waals surface area contributed by atoms with Gasteiger partial charge in [0.15, 0.2) is 0 Å². The Kier molecular flexibility index (Phi) is 9.59. The van der Waals surface area contributed by atoms with Crippen LogP contribution in [0.1, 0.15) is 46.5 Å². The van der Waals surface area contributed by atoms with Crippen molar-refractivity contribution in [3.8, 4) is 22.4 Å². The van der Waals surface area contributed by atoms with Gasteiger partial charge in [0.25, 0.3) is 0 Å². The maximum absolute atomic E-state index is 14.6. The van der Waals surface area contributed by atoms with Gasteiger partial charge in [-0.1, -0.05) is 140 Å². The van der Waals surface area contributed by atoms with Gasteiger partial charge in [-0.3, -0.25) is 4.79 Å². The number of imidazole rings is 1. The molecular weight excluding hydrogens is 695 g/mol. The first-order valence-electron chi connectivity index (χ1n) is 19.1. The molecule has 8 nitrogen and oxygen atoms in total. The van der Waals surface area contributed by atoms with Crippen molar-refractivity contribution in [2.45, 2.75) is 37.3 Å². The van der Waals surface area contributed by atoms with E-state index < -0.39 is 18.2 Å². The molecule has 0 spiro atoms. The van der Waals surface area contributed by atoms with Crippen LogP contribution in [-0.4, -0.2) is 39.6 Å². The summed E-state index contributed by atoms with van der Waals surface area (Å²) in [5.74, 6) is 0.201. The number of carbonyl (C=O) groups excluding carboxylic acids is 2. The van der Waals surface area contributed by atoms with Gasteiger partial charge in [-0.2, -0.15) is 0 Å². The minimum atomic E-state index is -0.890. The molecule has 0 bridgehead atoms. The van der Waals surface area contributed by atoms with Crippen LogP contribution in [0.4, 0.5) is 4.79 Å². The highest BCUT2D eigenvalue weighted by Crippen LogP contribution is 2.44. The number of aryl methyl sites for hydroxylation is 1. The summed E-state index contributed by atoms with van der Waals surface area (Å²) in [4.78, 5) is 40.0. The molecule has 0 aliphatic heterocycles. The van der Waals surface area contributed by atoms with Gasteiger partial charge in [-0.15, -0.1) is 0 Å². The third kappa shape index (κ3) is 7.05. The summed E-state index contributed by atoms with van der Waals surface area (Å²) in [5, 5.41) is 9.58. The number of nitrogens with zero attached hydrogens (tertiary/aromatic N) is 1. The van der Waals surface area contributed by atoms with E-state index in [1.165, 1.54) is 0 Å². The van der Waals surface area contributed by atoms with Crippen LogP contribution in [0.5, 0.6) is 0 Å². The smallest absolute Gasteiger partial charge is 0.407 e. The highest BCUT2D eigenvalue weighted by Gasteiger charge is 2.31. The highest BCUT2D eigenvalue weighted by molar-refractivity contribution is 5.88. The Bertz CT molecular complexity index is 2610. The van der Waals surface area contributed by atoms with E-state index in [4.69, 9.17) is 9.72 Å². The molecule has 2 atom stereocenters. The van der Waals surface area contributed by atoms with Crippen LogP contribution < -0.4 is 10.6 Å². The molecule has 2 amide bonds. The normalized spacial score (nSPS) is 13.2. The first kappa shape index (κ1) is 34.8. The van der Waals surface area contributed by atoms with E-state index in [-0.39, 0.29) is 18.4 Å². The van der Waals surface area contributed by atoms with Crippen LogP contribution in [-0.2, 0) is 22.4 Å². The monoisotopic (exact) mass is 735 g/mol. The van der Waals surface area contributed by atoms with Gasteiger partial charge in [0.2, 0.25) is 5.91 Å². The van der Waals surface area contributed by atoms with Crippen LogP contribution >= 0.6 is 0 Å². The summed E-state index contributed by atoms with van der Waals surface area (Å²) in [7, 11) is 0. The second-order valence-corrected chi connectivity index (χ2v) is 14.4. The maximum Gasteiger partial charge on any atom is 0.407 e. The average molecular weight is 736 g/mol. The quantitative estimate of drug-likeness (QED) is 0.100. The fraction of sp³-hybridized carbons (Fsp3) is 0.146. The lowest BCUT2D eigenvalue weighted by Crippen LogP contribution is -2.48. The molecule has 9 rings (SSSR count). The minimum absolute atomic E-state index is 0.102. The summed E-state index contributed by atoms with van der Waals surface area (Å²) < 4.78 is 5.97. The summed E-state index contributed by atoms with van der Waals surface area (Å²) in [6.07, 6.45) is 4.61. The molecule has 2 aromatic heterocycles. The van der Waals surface area contributed by atoms with Crippen molar-refractivity contribution in [1.82, 2.24) is 25.6 Å². The predicted octanol–water partition coefficient (Wildman–Crippen LogP) is 9.65. The lowest BCUT2D eigenvalue weighted by Gasteiger charge is -2.23. The van der Waals surface area contributed by atoms with Crippen LogP contribution in [0, 0.1) is 0 Å². The van der Waals surface area contributed by atoms with Crippen molar-refractivity contribution in [3.63, 3.8) is 0 Å². The maximum atomic E-state index is 14.6. The number of alkyl carbamates (subject to hydrolysis) is 1. The molecule has 8 heteroatoms. The molecule has 1 aliphatic carbocycles. The Morgan fingerprint density at radius 2 is 1.34 bits per heavy atom. The minimum Gasteiger partial charge on any atom is -0.449 e. The van der Waals surface area contributed by atoms with E-state index in [9.17, 15) is 9.59 Å². The van der Waals surface area contributed by atoms with Crippen molar-refractivity contribution >= 4 is 33.7 Å². The molecule has 0 unspecified atom stereocenters. The molecule has 4 N–H and O–H groups in total. The van der Waals surface area contributed by atoms with E-state index in [2.05, 4.69) is 75.2 Å². The van der Waals surface area contributed by atoms with Gasteiger partial charge in [0.1, 0.15) is 18.5 Å². The van der Waals surface area contributed by atoms with Gasteiger partial charge in [-0.25, -0.2) is 9.78 Å². The molecule has 276 valence electrons. The van der Waals surface area contributed by atoms with Gasteiger partial charge in [0, 0.05) is 41.2 Å². The third-order valence-corrected chi connectivity index (χ3v) is 10.9. The number of para-hydroxylation sites is 1. The zero-order valence-electron chi connectivity index (χ0n) is 30.7. The Morgan fingerprint density at radius 1 is 0.661 bits per heavy atom. The third-order valence-electron chi connectivity index (χ3n) is 10.9. The molecular formula is C48H41N5O3. The van der Waals surface area contributed by atoms with E-state index in [0.717, 1.165) is 66.3 Å². The molecule has 6 aromatic carbocycles. The van der Waals surface area contributed by atoms with Crippen LogP contribution in [0.2, 0.25) is 0 Å². The Balaban J connectivity index is 0.990. The van der Waals surface area contributed by atoms with E-state index in [0.29, 0.717) is 25.1 Å². The summed E-state index contributed by atoms with van der Waals surface area (Å²) in [6, 6.07) is 47.5. The summed E-state index contributed by atoms with van der Waals surface area (Å²) >= 11 is 0. The number of ether oxygens (including phenoxy) is 1. The fourth-order valence-corrected chi connectivity index (χ4v) is 8.14. The van der Waals surface area contributed by atoms with Gasteiger partial charge in [-0.05, 0) is 63.1 Å². The number of H-pyrrole nitrogens is 2. The zero-order chi connectivity index (χ0) is 37.8. The number of benzene rings is 6. The molecule has 0 saturated heterocycles. The molecule has 1 aliphatic rings. The van der Waals surface area contributed by atoms with E-state index >= 15 is 0 Å². The van der Waals surface area contributed by atoms with Crippen molar-refractivity contribution in [3.05, 3.63) is 186 Å². The Labute approximate surface area is 325 Å². The van der Waals surface area contributed by atoms with E-state index in [1.807, 2.05) is 103 Å². The first-order valence-corrected chi connectivity index (χ1v) is 19.1. The van der Waals surface area contributed by atoms with Crippen LogP contribution in [0.25, 0.3) is 44.1 Å². The molecule has 0 saturated carbocycles. The lowest BCUT2D eigenvalue weighted by molar-refractivity contribution is -0.124. The number of nitrogens with one attached hydrogen (secondary N) is 4. The van der Waals surface area contributed by atoms with E-state index in [1.54, 1.807) is 0 Å². The number of aromatic nitrogens is 3. The Morgan fingerprint density at radius 3 is 2.14 bits per heavy atom. The molecule has 0 fully saturated rings. The second kappa shape index (κ2) is 15.4. The zero-order valence-corrected chi connectivity index (χ0v) is 30.7.